The van der Waals surface area contributed by atoms with Crippen molar-refractivity contribution in [3.05, 3.63) is 58.4 Å². The second-order valence-electron chi connectivity index (χ2n) is 6.13. The van der Waals surface area contributed by atoms with Crippen LogP contribution in [0.5, 0.6) is 5.75 Å². The number of amides is 1. The van der Waals surface area contributed by atoms with Crippen molar-refractivity contribution in [2.45, 2.75) is 14.0 Å². The van der Waals surface area contributed by atoms with E-state index < -0.39 is 15.9 Å². The quantitative estimate of drug-likeness (QED) is 0.279. The molecule has 0 unspecified atom stereocenters. The van der Waals surface area contributed by atoms with Crippen LogP contribution in [0.3, 0.4) is 0 Å². The fourth-order valence-corrected chi connectivity index (χ4v) is 7.00. The van der Waals surface area contributed by atoms with Crippen LogP contribution < -0.4 is 10.5 Å². The Bertz CT molecular complexity index is 1290. The summed E-state index contributed by atoms with van der Waals surface area (Å²) >= 11 is 8.57. The van der Waals surface area contributed by atoms with Crippen LogP contribution in [0.2, 0.25) is 5.02 Å². The first-order valence-corrected chi connectivity index (χ1v) is 12.5. The van der Waals surface area contributed by atoms with Gasteiger partial charge in [0.15, 0.2) is 0 Å². The Morgan fingerprint density at radius 2 is 1.94 bits per heavy atom. The predicted octanol–water partition coefficient (Wildman–Crippen LogP) is 5.02. The Morgan fingerprint density at radius 3 is 2.55 bits per heavy atom. The number of thiophene rings is 1. The lowest BCUT2D eigenvalue weighted by Gasteiger charge is -2.11. The molecule has 0 radical (unpaired) electrons. The number of hydrogen-bond donors (Lipinski definition) is 2. The zero-order chi connectivity index (χ0) is 22.8. The standard InChI is InChI=1S/C20H17ClN2O5S3/c1-28-12-7-11(14-5-3-4-6-15(14)21)8-13(9-12)31(26,27)17-10-16(30-19(17)29-2)18(22)23-20(24)25/h3-10H,1-2H3,(H2,22,23)(H,24,25). The number of rotatable bonds is 6. The maximum absolute atomic E-state index is 13.5. The Kier molecular flexibility index (Phi) is 6.95. The molecule has 3 N–H and O–H groups in total. The fraction of sp³-hybridized carbons (Fsp3) is 0.100. The van der Waals surface area contributed by atoms with E-state index in [4.69, 9.17) is 27.2 Å². The van der Waals surface area contributed by atoms with Gasteiger partial charge in [-0.2, -0.15) is 4.99 Å². The second-order valence-corrected chi connectivity index (χ2v) is 10.6. The molecule has 11 heteroatoms. The molecule has 1 aromatic heterocycles. The highest BCUT2D eigenvalue weighted by molar-refractivity contribution is 8.01. The molecule has 0 atom stereocenters. The summed E-state index contributed by atoms with van der Waals surface area (Å²) < 4.78 is 32.8. The molecule has 3 rings (SSSR count). The number of methoxy groups -OCH3 is 1. The maximum Gasteiger partial charge on any atom is 0.433 e. The van der Waals surface area contributed by atoms with Gasteiger partial charge in [-0.05, 0) is 42.2 Å². The minimum atomic E-state index is -3.99. The number of hydrogen-bond acceptors (Lipinski definition) is 6. The van der Waals surface area contributed by atoms with Crippen molar-refractivity contribution in [1.82, 2.24) is 0 Å². The molecule has 0 spiro atoms. The van der Waals surface area contributed by atoms with Gasteiger partial charge in [0.25, 0.3) is 0 Å². The number of sulfone groups is 1. The number of halogens is 1. The Labute approximate surface area is 192 Å². The number of thioether (sulfide) groups is 1. The number of ether oxygens (including phenoxy) is 1. The van der Waals surface area contributed by atoms with Crippen LogP contribution in [0.4, 0.5) is 4.79 Å². The lowest BCUT2D eigenvalue weighted by molar-refractivity contribution is 0.205. The third-order valence-corrected chi connectivity index (χ3v) is 8.86. The highest BCUT2D eigenvalue weighted by Crippen LogP contribution is 2.39. The summed E-state index contributed by atoms with van der Waals surface area (Å²) in [5.41, 5.74) is 6.96. The third kappa shape index (κ3) is 4.87. The van der Waals surface area contributed by atoms with Gasteiger partial charge >= 0.3 is 6.09 Å². The van der Waals surface area contributed by atoms with E-state index in [-0.39, 0.29) is 20.5 Å². The van der Waals surface area contributed by atoms with Crippen LogP contribution in [0.25, 0.3) is 11.1 Å². The van der Waals surface area contributed by atoms with Gasteiger partial charge < -0.3 is 15.6 Å². The Morgan fingerprint density at radius 1 is 1.23 bits per heavy atom. The number of carboxylic acid groups (broad SMARTS) is 1. The number of benzene rings is 2. The maximum atomic E-state index is 13.5. The summed E-state index contributed by atoms with van der Waals surface area (Å²) in [6, 6.07) is 13.1. The average molecular weight is 497 g/mol. The molecule has 31 heavy (non-hydrogen) atoms. The summed E-state index contributed by atoms with van der Waals surface area (Å²) in [6.45, 7) is 0. The number of carbonyl (C=O) groups is 1. The Balaban J connectivity index is 2.19. The summed E-state index contributed by atoms with van der Waals surface area (Å²) in [7, 11) is -2.54. The lowest BCUT2D eigenvalue weighted by Crippen LogP contribution is -2.13. The first-order chi connectivity index (χ1) is 14.7. The monoisotopic (exact) mass is 496 g/mol. The molecule has 1 heterocycles. The molecule has 7 nitrogen and oxygen atoms in total. The van der Waals surface area contributed by atoms with Gasteiger partial charge in [-0.3, -0.25) is 0 Å². The van der Waals surface area contributed by atoms with Crippen molar-refractivity contribution in [2.75, 3.05) is 13.4 Å². The van der Waals surface area contributed by atoms with E-state index in [9.17, 15) is 13.2 Å². The summed E-state index contributed by atoms with van der Waals surface area (Å²) in [4.78, 5) is 14.4. The fourth-order valence-electron chi connectivity index (χ4n) is 2.79. The van der Waals surface area contributed by atoms with Gasteiger partial charge in [0.1, 0.15) is 11.6 Å². The van der Waals surface area contributed by atoms with Crippen LogP contribution in [-0.4, -0.2) is 38.8 Å². The first kappa shape index (κ1) is 23.1. The van der Waals surface area contributed by atoms with Crippen LogP contribution in [0, 0.1) is 0 Å². The molecular formula is C20H17ClN2O5S3. The molecule has 0 bridgehead atoms. The van der Waals surface area contributed by atoms with E-state index in [0.29, 0.717) is 26.1 Å². The Hall–Kier alpha value is -2.53. The van der Waals surface area contributed by atoms with Crippen molar-refractivity contribution < 1.29 is 23.1 Å². The number of nitrogens with zero attached hydrogens (tertiary/aromatic N) is 1. The number of nitrogens with two attached hydrogens (primary N) is 1. The molecule has 0 aliphatic heterocycles. The normalized spacial score (nSPS) is 12.0. The van der Waals surface area contributed by atoms with Crippen molar-refractivity contribution in [2.24, 2.45) is 10.7 Å². The molecular weight excluding hydrogens is 480 g/mol. The zero-order valence-corrected chi connectivity index (χ0v) is 19.5. The van der Waals surface area contributed by atoms with E-state index in [1.807, 2.05) is 0 Å². The van der Waals surface area contributed by atoms with Gasteiger partial charge in [0.05, 0.1) is 26.0 Å². The van der Waals surface area contributed by atoms with E-state index >= 15 is 0 Å². The van der Waals surface area contributed by atoms with Crippen LogP contribution in [0.15, 0.2) is 67.5 Å². The predicted molar refractivity (Wildman–Crippen MR) is 124 cm³/mol. The summed E-state index contributed by atoms with van der Waals surface area (Å²) in [5, 5.41) is 9.30. The summed E-state index contributed by atoms with van der Waals surface area (Å²) in [5.74, 6) is 0.0840. The van der Waals surface area contributed by atoms with E-state index in [1.54, 1.807) is 36.6 Å². The largest absolute Gasteiger partial charge is 0.497 e. The van der Waals surface area contributed by atoms with E-state index in [2.05, 4.69) is 4.99 Å². The van der Waals surface area contributed by atoms with Gasteiger partial charge in [0, 0.05) is 10.6 Å². The van der Waals surface area contributed by atoms with Gasteiger partial charge in [0.2, 0.25) is 9.84 Å². The van der Waals surface area contributed by atoms with Crippen LogP contribution in [-0.2, 0) is 9.84 Å². The molecule has 0 fully saturated rings. The van der Waals surface area contributed by atoms with Crippen molar-refractivity contribution in [3.63, 3.8) is 0 Å². The summed E-state index contributed by atoms with van der Waals surface area (Å²) in [6.07, 6.45) is 0.262. The third-order valence-electron chi connectivity index (χ3n) is 4.22. The smallest absolute Gasteiger partial charge is 0.433 e. The van der Waals surface area contributed by atoms with E-state index in [0.717, 1.165) is 11.3 Å². The van der Waals surface area contributed by atoms with Crippen molar-refractivity contribution in [3.8, 4) is 16.9 Å². The number of aliphatic imine (C=N–C) groups is 1. The molecule has 0 saturated heterocycles. The molecule has 0 saturated carbocycles. The first-order valence-electron chi connectivity index (χ1n) is 8.61. The van der Waals surface area contributed by atoms with Crippen molar-refractivity contribution >= 4 is 56.5 Å². The topological polar surface area (TPSA) is 119 Å². The lowest BCUT2D eigenvalue weighted by atomic mass is 10.1. The molecule has 3 aromatic rings. The molecule has 1 amide bonds. The van der Waals surface area contributed by atoms with Crippen LogP contribution >= 0.6 is 34.7 Å². The van der Waals surface area contributed by atoms with Crippen LogP contribution in [0.1, 0.15) is 4.88 Å². The molecule has 2 aromatic carbocycles. The SMILES string of the molecule is COc1cc(-c2ccccc2Cl)cc(S(=O)(=O)c2cc(/C(N)=N\C(=O)O)sc2SC)c1. The minimum Gasteiger partial charge on any atom is -0.497 e. The highest BCUT2D eigenvalue weighted by Gasteiger charge is 2.26. The highest BCUT2D eigenvalue weighted by atomic mass is 35.5. The van der Waals surface area contributed by atoms with Gasteiger partial charge in [-0.25, -0.2) is 13.2 Å². The number of amidine groups is 1. The van der Waals surface area contributed by atoms with E-state index in [1.165, 1.54) is 37.1 Å². The second kappa shape index (κ2) is 9.31. The average Bonchev–Trinajstić information content (AvgIpc) is 3.19. The molecule has 0 aliphatic carbocycles. The van der Waals surface area contributed by atoms with Crippen molar-refractivity contribution in [1.29, 1.82) is 0 Å². The minimum absolute atomic E-state index is 0.00941. The van der Waals surface area contributed by atoms with Gasteiger partial charge in [-0.1, -0.05) is 29.8 Å². The zero-order valence-electron chi connectivity index (χ0n) is 16.3. The molecule has 0 aliphatic rings. The molecule has 162 valence electrons. The van der Waals surface area contributed by atoms with Gasteiger partial charge in [-0.15, -0.1) is 23.1 Å².